The molecule has 0 radical (unpaired) electrons. The molecule has 0 saturated carbocycles. The van der Waals surface area contributed by atoms with Crippen LogP contribution in [0, 0.1) is 0 Å². The van der Waals surface area contributed by atoms with Gasteiger partial charge in [0.1, 0.15) is 6.10 Å². The first-order valence-electron chi connectivity index (χ1n) is 3.55. The minimum absolute atomic E-state index is 0.419. The highest BCUT2D eigenvalue weighted by Gasteiger charge is 2.25. The van der Waals surface area contributed by atoms with Crippen LogP contribution in [0.1, 0.15) is 6.92 Å². The van der Waals surface area contributed by atoms with Gasteiger partial charge < -0.3 is 4.74 Å². The van der Waals surface area contributed by atoms with E-state index in [-0.39, 0.29) is 0 Å². The molecule has 0 amide bonds. The quantitative estimate of drug-likeness (QED) is 0.498. The van der Waals surface area contributed by atoms with Gasteiger partial charge in [-0.05, 0) is 18.1 Å². The molecule has 1 heteroatoms. The summed E-state index contributed by atoms with van der Waals surface area (Å²) in [6.45, 7) is 3.05. The van der Waals surface area contributed by atoms with Crippen molar-refractivity contribution in [3.8, 4) is 0 Å². The number of rotatable bonds is 1. The molecule has 1 nitrogen and oxygen atoms in total. The Bertz CT molecular complexity index is 215. The summed E-state index contributed by atoms with van der Waals surface area (Å²) in [6, 6.07) is 0. The zero-order chi connectivity index (χ0) is 6.97. The summed E-state index contributed by atoms with van der Waals surface area (Å²) in [5.74, 6) is 0. The van der Waals surface area contributed by atoms with E-state index in [1.54, 1.807) is 0 Å². The van der Waals surface area contributed by atoms with Crippen LogP contribution in [0.4, 0.5) is 0 Å². The molecule has 2 aliphatic rings. The third-order valence-electron chi connectivity index (χ3n) is 1.93. The van der Waals surface area contributed by atoms with Crippen molar-refractivity contribution in [1.29, 1.82) is 0 Å². The number of ether oxygens (including phenoxy) is 1. The van der Waals surface area contributed by atoms with E-state index in [2.05, 4.69) is 31.2 Å². The minimum Gasteiger partial charge on any atom is -0.368 e. The second kappa shape index (κ2) is 2.10. The molecule has 2 rings (SSSR count). The second-order valence-electron chi connectivity index (χ2n) is 2.68. The van der Waals surface area contributed by atoms with Crippen LogP contribution in [0.2, 0.25) is 0 Å². The summed E-state index contributed by atoms with van der Waals surface area (Å²) in [5, 5.41) is 0. The highest BCUT2D eigenvalue weighted by molar-refractivity contribution is 5.44. The fraction of sp³-hybridized carbons (Fsp3) is 0.333. The average Bonchev–Trinajstić information content (AvgIpc) is 2.65. The Hall–Kier alpha value is -0.820. The molecule has 1 unspecified atom stereocenters. The van der Waals surface area contributed by atoms with Crippen LogP contribution < -0.4 is 0 Å². The third-order valence-corrected chi connectivity index (χ3v) is 1.93. The minimum atomic E-state index is 0.419. The molecule has 1 fully saturated rings. The Morgan fingerprint density at radius 1 is 1.50 bits per heavy atom. The van der Waals surface area contributed by atoms with Crippen LogP contribution >= 0.6 is 0 Å². The van der Waals surface area contributed by atoms with Gasteiger partial charge in [-0.15, -0.1) is 0 Å². The van der Waals surface area contributed by atoms with Crippen LogP contribution in [0.5, 0.6) is 0 Å². The normalized spacial score (nSPS) is 27.7. The summed E-state index contributed by atoms with van der Waals surface area (Å²) in [6.07, 6.45) is 8.78. The summed E-state index contributed by atoms with van der Waals surface area (Å²) in [7, 11) is 0. The first kappa shape index (κ1) is 5.93. The zero-order valence-electron chi connectivity index (χ0n) is 6.00. The molecule has 0 N–H and O–H groups in total. The lowest BCUT2D eigenvalue weighted by Gasteiger charge is -1.95. The van der Waals surface area contributed by atoms with Crippen LogP contribution in [0.3, 0.4) is 0 Å². The van der Waals surface area contributed by atoms with Gasteiger partial charge in [0.25, 0.3) is 0 Å². The maximum atomic E-state index is 5.16. The molecule has 0 bridgehead atoms. The number of hydrogen-bond acceptors (Lipinski definition) is 1. The summed E-state index contributed by atoms with van der Waals surface area (Å²) in [5.41, 5.74) is 2.69. The van der Waals surface area contributed by atoms with Gasteiger partial charge in [0.15, 0.2) is 0 Å². The highest BCUT2D eigenvalue weighted by atomic mass is 16.6. The molecular formula is C9H10O. The van der Waals surface area contributed by atoms with E-state index in [0.717, 1.165) is 6.61 Å². The maximum absolute atomic E-state index is 5.16. The van der Waals surface area contributed by atoms with Crippen LogP contribution in [-0.2, 0) is 4.74 Å². The summed E-state index contributed by atoms with van der Waals surface area (Å²) in [4.78, 5) is 0. The van der Waals surface area contributed by atoms with Crippen molar-refractivity contribution in [2.75, 3.05) is 6.61 Å². The first-order valence-corrected chi connectivity index (χ1v) is 3.55. The lowest BCUT2D eigenvalue weighted by molar-refractivity contribution is 0.431. The largest absolute Gasteiger partial charge is 0.368 e. The van der Waals surface area contributed by atoms with E-state index < -0.39 is 0 Å². The molecule has 0 spiro atoms. The topological polar surface area (TPSA) is 12.5 Å². The number of hydrogen-bond donors (Lipinski definition) is 0. The van der Waals surface area contributed by atoms with Gasteiger partial charge in [-0.1, -0.05) is 24.3 Å². The van der Waals surface area contributed by atoms with Crippen molar-refractivity contribution in [2.24, 2.45) is 0 Å². The van der Waals surface area contributed by atoms with Gasteiger partial charge in [0.2, 0.25) is 0 Å². The molecule has 1 saturated heterocycles. The summed E-state index contributed by atoms with van der Waals surface area (Å²) < 4.78 is 5.16. The Morgan fingerprint density at radius 2 is 2.10 bits per heavy atom. The molecule has 0 aromatic carbocycles. The van der Waals surface area contributed by atoms with Gasteiger partial charge in [0, 0.05) is 0 Å². The Kier molecular flexibility index (Phi) is 1.24. The van der Waals surface area contributed by atoms with Crippen molar-refractivity contribution in [3.05, 3.63) is 35.5 Å². The lowest BCUT2D eigenvalue weighted by Crippen LogP contribution is -1.89. The van der Waals surface area contributed by atoms with Crippen molar-refractivity contribution < 1.29 is 4.74 Å². The number of allylic oxidation sites excluding steroid dienone is 5. The zero-order valence-corrected chi connectivity index (χ0v) is 6.00. The van der Waals surface area contributed by atoms with Crippen molar-refractivity contribution >= 4 is 0 Å². The van der Waals surface area contributed by atoms with Crippen LogP contribution in [0.15, 0.2) is 35.5 Å². The molecule has 1 heterocycles. The van der Waals surface area contributed by atoms with Crippen LogP contribution in [0.25, 0.3) is 0 Å². The second-order valence-corrected chi connectivity index (χ2v) is 2.68. The first-order chi connectivity index (χ1) is 4.88. The standard InChI is InChI=1S/C9H10O/c1-7(9-6-10-9)8-4-2-3-5-8/h2-5,9H,6H2,1H3. The molecule has 1 aliphatic carbocycles. The fourth-order valence-electron chi connectivity index (χ4n) is 1.12. The monoisotopic (exact) mass is 134 g/mol. The number of epoxide rings is 1. The summed E-state index contributed by atoms with van der Waals surface area (Å²) >= 11 is 0. The molecule has 1 atom stereocenters. The van der Waals surface area contributed by atoms with Crippen LogP contribution in [-0.4, -0.2) is 12.7 Å². The third kappa shape index (κ3) is 0.929. The molecule has 10 heavy (non-hydrogen) atoms. The van der Waals surface area contributed by atoms with E-state index in [4.69, 9.17) is 4.74 Å². The van der Waals surface area contributed by atoms with Gasteiger partial charge >= 0.3 is 0 Å². The highest BCUT2D eigenvalue weighted by Crippen LogP contribution is 2.24. The van der Waals surface area contributed by atoms with E-state index >= 15 is 0 Å². The van der Waals surface area contributed by atoms with Gasteiger partial charge in [-0.2, -0.15) is 0 Å². The van der Waals surface area contributed by atoms with E-state index in [0.29, 0.717) is 6.10 Å². The van der Waals surface area contributed by atoms with Gasteiger partial charge in [-0.3, -0.25) is 0 Å². The van der Waals surface area contributed by atoms with E-state index in [1.165, 1.54) is 11.1 Å². The molecule has 0 aromatic rings. The van der Waals surface area contributed by atoms with E-state index in [1.807, 2.05) is 0 Å². The van der Waals surface area contributed by atoms with E-state index in [9.17, 15) is 0 Å². The predicted molar refractivity (Wildman–Crippen MR) is 40.7 cm³/mol. The molecule has 1 aliphatic heterocycles. The molecule has 0 aromatic heterocycles. The molecule has 52 valence electrons. The van der Waals surface area contributed by atoms with Crippen molar-refractivity contribution in [1.82, 2.24) is 0 Å². The maximum Gasteiger partial charge on any atom is 0.103 e. The lowest BCUT2D eigenvalue weighted by atomic mass is 10.1. The SMILES string of the molecule is CC(=C1C=CC=C1)C1CO1. The Labute approximate surface area is 60.7 Å². The smallest absolute Gasteiger partial charge is 0.103 e. The van der Waals surface area contributed by atoms with Crippen molar-refractivity contribution in [3.63, 3.8) is 0 Å². The fourth-order valence-corrected chi connectivity index (χ4v) is 1.12. The van der Waals surface area contributed by atoms with Gasteiger partial charge in [0.05, 0.1) is 6.61 Å². The van der Waals surface area contributed by atoms with Gasteiger partial charge in [-0.25, -0.2) is 0 Å². The van der Waals surface area contributed by atoms with Crippen molar-refractivity contribution in [2.45, 2.75) is 13.0 Å². The average molecular weight is 134 g/mol. The Balaban J connectivity index is 2.25. The Morgan fingerprint density at radius 3 is 2.60 bits per heavy atom. The molecular weight excluding hydrogens is 124 g/mol. The predicted octanol–water partition coefficient (Wildman–Crippen LogP) is 1.83.